The maximum atomic E-state index is 14.8. The summed E-state index contributed by atoms with van der Waals surface area (Å²) in [5.74, 6) is 0.130. The third-order valence-electron chi connectivity index (χ3n) is 4.03. The monoisotopic (exact) mass is 367 g/mol. The van der Waals surface area contributed by atoms with Gasteiger partial charge in [0.25, 0.3) is 0 Å². The van der Waals surface area contributed by atoms with Crippen LogP contribution in [0.5, 0.6) is 0 Å². The Bertz CT molecular complexity index is 974. The zero-order valence-electron chi connectivity index (χ0n) is 14.5. The summed E-state index contributed by atoms with van der Waals surface area (Å²) >= 11 is 0. The number of benzene rings is 1. The van der Waals surface area contributed by atoms with Crippen molar-refractivity contribution in [2.75, 3.05) is 17.7 Å². The first-order valence-electron chi connectivity index (χ1n) is 7.99. The number of nitrogens with zero attached hydrogens (tertiary/aromatic N) is 3. The second kappa shape index (κ2) is 7.58. The SMILES string of the molecule is C=Cc1c(C)ncnc1-c1cccnc1Nc1ccc(P)c(NC)c1F. The van der Waals surface area contributed by atoms with Gasteiger partial charge >= 0.3 is 0 Å². The zero-order valence-corrected chi connectivity index (χ0v) is 15.7. The van der Waals surface area contributed by atoms with E-state index in [2.05, 4.69) is 41.4 Å². The molecule has 2 aromatic heterocycles. The molecule has 0 saturated heterocycles. The topological polar surface area (TPSA) is 62.7 Å². The number of halogens is 1. The van der Waals surface area contributed by atoms with Crippen LogP contribution in [-0.2, 0) is 0 Å². The Morgan fingerprint density at radius 2 is 2.00 bits per heavy atom. The van der Waals surface area contributed by atoms with Crippen LogP contribution in [0, 0.1) is 12.7 Å². The fourth-order valence-electron chi connectivity index (χ4n) is 2.71. The van der Waals surface area contributed by atoms with Crippen molar-refractivity contribution in [2.45, 2.75) is 6.92 Å². The van der Waals surface area contributed by atoms with Crippen molar-refractivity contribution in [3.63, 3.8) is 0 Å². The van der Waals surface area contributed by atoms with Crippen LogP contribution in [0.15, 0.2) is 43.4 Å². The molecule has 26 heavy (non-hydrogen) atoms. The molecule has 0 amide bonds. The Hall–Kier alpha value is -2.85. The molecule has 5 nitrogen and oxygen atoms in total. The summed E-state index contributed by atoms with van der Waals surface area (Å²) in [6, 6.07) is 7.18. The van der Waals surface area contributed by atoms with Gasteiger partial charge in [0, 0.05) is 30.1 Å². The molecule has 1 aromatic carbocycles. The third kappa shape index (κ3) is 3.28. The van der Waals surface area contributed by atoms with Gasteiger partial charge in [-0.3, -0.25) is 0 Å². The summed E-state index contributed by atoms with van der Waals surface area (Å²) in [4.78, 5) is 13.0. The first-order chi connectivity index (χ1) is 12.6. The number of hydrogen-bond acceptors (Lipinski definition) is 5. The molecule has 1 atom stereocenters. The predicted molar refractivity (Wildman–Crippen MR) is 109 cm³/mol. The Labute approximate surface area is 154 Å². The van der Waals surface area contributed by atoms with Crippen LogP contribution in [0.25, 0.3) is 17.3 Å². The van der Waals surface area contributed by atoms with E-state index < -0.39 is 0 Å². The highest BCUT2D eigenvalue weighted by molar-refractivity contribution is 7.28. The van der Waals surface area contributed by atoms with E-state index in [4.69, 9.17) is 0 Å². The molecule has 3 aromatic rings. The second-order valence-corrected chi connectivity index (χ2v) is 6.21. The molecule has 2 heterocycles. The highest BCUT2D eigenvalue weighted by Crippen LogP contribution is 2.32. The molecule has 1 unspecified atom stereocenters. The van der Waals surface area contributed by atoms with Crippen LogP contribution in [0.3, 0.4) is 0 Å². The maximum Gasteiger partial charge on any atom is 0.170 e. The van der Waals surface area contributed by atoms with Crippen LogP contribution in [0.2, 0.25) is 0 Å². The van der Waals surface area contributed by atoms with E-state index >= 15 is 0 Å². The minimum absolute atomic E-state index is 0.325. The first-order valence-corrected chi connectivity index (χ1v) is 8.56. The summed E-state index contributed by atoms with van der Waals surface area (Å²) in [5.41, 5.74) is 3.82. The molecular formula is C19H19FN5P. The van der Waals surface area contributed by atoms with Crippen LogP contribution >= 0.6 is 9.24 Å². The average Bonchev–Trinajstić information content (AvgIpc) is 2.65. The number of rotatable bonds is 5. The van der Waals surface area contributed by atoms with Gasteiger partial charge in [-0.2, -0.15) is 0 Å². The van der Waals surface area contributed by atoms with Crippen LogP contribution in [0.4, 0.5) is 21.6 Å². The quantitative estimate of drug-likeness (QED) is 0.670. The summed E-state index contributed by atoms with van der Waals surface area (Å²) in [6.07, 6.45) is 4.86. The molecule has 7 heteroatoms. The van der Waals surface area contributed by atoms with E-state index in [0.717, 1.165) is 22.1 Å². The number of anilines is 3. The molecule has 0 bridgehead atoms. The summed E-state index contributed by atoms with van der Waals surface area (Å²) in [5, 5.41) is 6.70. The lowest BCUT2D eigenvalue weighted by Gasteiger charge is -2.15. The molecule has 0 radical (unpaired) electrons. The number of aryl methyl sites for hydroxylation is 1. The van der Waals surface area contributed by atoms with E-state index in [1.807, 2.05) is 25.1 Å². The lowest BCUT2D eigenvalue weighted by Crippen LogP contribution is -2.08. The Morgan fingerprint density at radius 3 is 2.73 bits per heavy atom. The van der Waals surface area contributed by atoms with Gasteiger partial charge < -0.3 is 10.6 Å². The molecule has 0 spiro atoms. The maximum absolute atomic E-state index is 14.8. The van der Waals surface area contributed by atoms with E-state index in [1.54, 1.807) is 25.4 Å². The summed E-state index contributed by atoms with van der Waals surface area (Å²) in [6.45, 7) is 5.74. The van der Waals surface area contributed by atoms with Crippen molar-refractivity contribution in [1.29, 1.82) is 0 Å². The summed E-state index contributed by atoms with van der Waals surface area (Å²) < 4.78 is 14.8. The molecule has 3 rings (SSSR count). The van der Waals surface area contributed by atoms with Crippen molar-refractivity contribution >= 4 is 37.8 Å². The number of nitrogens with one attached hydrogen (secondary N) is 2. The highest BCUT2D eigenvalue weighted by Gasteiger charge is 2.16. The standard InChI is InChI=1S/C19H19FN5P/c1-4-12-11(2)23-10-24-17(12)13-6-5-9-22-19(13)25-14-7-8-15(26)18(21-3)16(14)20/h4-10,21H,1,26H2,2-3H3,(H,22,25). The average molecular weight is 367 g/mol. The fourth-order valence-corrected chi connectivity index (χ4v) is 3.08. The fraction of sp³-hybridized carbons (Fsp3) is 0.105. The Morgan fingerprint density at radius 1 is 1.19 bits per heavy atom. The highest BCUT2D eigenvalue weighted by atomic mass is 31.0. The first kappa shape index (κ1) is 18.0. The molecular weight excluding hydrogens is 348 g/mol. The predicted octanol–water partition coefficient (Wildman–Crippen LogP) is 3.91. The van der Waals surface area contributed by atoms with Gasteiger partial charge in [0.05, 0.1) is 17.1 Å². The van der Waals surface area contributed by atoms with Crippen molar-refractivity contribution < 1.29 is 4.39 Å². The third-order valence-corrected chi connectivity index (χ3v) is 4.51. The van der Waals surface area contributed by atoms with E-state index in [1.165, 1.54) is 6.33 Å². The van der Waals surface area contributed by atoms with Gasteiger partial charge in [-0.1, -0.05) is 18.7 Å². The minimum Gasteiger partial charge on any atom is -0.385 e. The van der Waals surface area contributed by atoms with Crippen LogP contribution < -0.4 is 15.9 Å². The largest absolute Gasteiger partial charge is 0.385 e. The van der Waals surface area contributed by atoms with E-state index in [9.17, 15) is 4.39 Å². The number of hydrogen-bond donors (Lipinski definition) is 2. The Kier molecular flexibility index (Phi) is 5.24. The molecule has 0 fully saturated rings. The van der Waals surface area contributed by atoms with E-state index in [-0.39, 0.29) is 5.82 Å². The van der Waals surface area contributed by atoms with Crippen molar-refractivity contribution in [3.05, 3.63) is 60.4 Å². The van der Waals surface area contributed by atoms with Gasteiger partial charge in [0.2, 0.25) is 0 Å². The lowest BCUT2D eigenvalue weighted by molar-refractivity contribution is 0.636. The molecule has 0 aliphatic heterocycles. The van der Waals surface area contributed by atoms with Crippen LogP contribution in [0.1, 0.15) is 11.3 Å². The van der Waals surface area contributed by atoms with Gasteiger partial charge in [-0.05, 0) is 30.4 Å². The lowest BCUT2D eigenvalue weighted by atomic mass is 10.1. The van der Waals surface area contributed by atoms with Crippen molar-refractivity contribution in [3.8, 4) is 11.3 Å². The second-order valence-electron chi connectivity index (χ2n) is 5.59. The van der Waals surface area contributed by atoms with Gasteiger partial charge in [-0.15, -0.1) is 9.24 Å². The van der Waals surface area contributed by atoms with Gasteiger partial charge in [-0.25, -0.2) is 19.3 Å². The number of pyridine rings is 1. The van der Waals surface area contributed by atoms with Crippen molar-refractivity contribution in [1.82, 2.24) is 15.0 Å². The molecule has 0 aliphatic carbocycles. The normalized spacial score (nSPS) is 10.5. The summed E-state index contributed by atoms with van der Waals surface area (Å²) in [7, 11) is 4.19. The minimum atomic E-state index is -0.376. The molecule has 0 saturated carbocycles. The van der Waals surface area contributed by atoms with Crippen molar-refractivity contribution in [2.24, 2.45) is 0 Å². The molecule has 0 aliphatic rings. The van der Waals surface area contributed by atoms with Gasteiger partial charge in [0.1, 0.15) is 12.1 Å². The van der Waals surface area contributed by atoms with E-state index in [0.29, 0.717) is 22.9 Å². The smallest absolute Gasteiger partial charge is 0.170 e. The number of aromatic nitrogens is 3. The Balaban J connectivity index is 2.10. The van der Waals surface area contributed by atoms with Crippen LogP contribution in [-0.4, -0.2) is 22.0 Å². The molecule has 132 valence electrons. The van der Waals surface area contributed by atoms with Gasteiger partial charge in [0.15, 0.2) is 5.82 Å². The molecule has 2 N–H and O–H groups in total. The zero-order chi connectivity index (χ0) is 18.7.